The van der Waals surface area contributed by atoms with Gasteiger partial charge >= 0.3 is 5.97 Å². The summed E-state index contributed by atoms with van der Waals surface area (Å²) in [6, 6.07) is 0. The van der Waals surface area contributed by atoms with Crippen molar-refractivity contribution in [2.75, 3.05) is 13.2 Å². The first-order chi connectivity index (χ1) is 6.61. The molecule has 14 heavy (non-hydrogen) atoms. The Balaban J connectivity index is 4.01. The van der Waals surface area contributed by atoms with Crippen LogP contribution in [0.4, 0.5) is 0 Å². The number of esters is 1. The zero-order chi connectivity index (χ0) is 11.0. The highest BCUT2D eigenvalue weighted by Crippen LogP contribution is 2.06. The number of ketones is 1. The van der Waals surface area contributed by atoms with Gasteiger partial charge < -0.3 is 9.47 Å². The number of carbonyl (C=O) groups is 2. The Hall–Kier alpha value is -1.03. The molecule has 0 saturated heterocycles. The molecule has 0 rings (SSSR count). The molecule has 0 aromatic rings. The molecule has 0 N–H and O–H groups in total. The van der Waals surface area contributed by atoms with Gasteiger partial charge in [0.2, 0.25) is 0 Å². The molecule has 0 atom stereocenters. The Bertz CT molecular complexity index is 235. The van der Waals surface area contributed by atoms with Gasteiger partial charge in [0, 0.05) is 0 Å². The summed E-state index contributed by atoms with van der Waals surface area (Å²) in [5.74, 6) is -1.08. The second kappa shape index (κ2) is 7.38. The van der Waals surface area contributed by atoms with E-state index >= 15 is 0 Å². The minimum Gasteiger partial charge on any atom is -0.500 e. The van der Waals surface area contributed by atoms with E-state index in [1.165, 1.54) is 0 Å². The summed E-state index contributed by atoms with van der Waals surface area (Å²) < 4.78 is 9.37. The first kappa shape index (κ1) is 13.0. The molecule has 0 unspecified atom stereocenters. The van der Waals surface area contributed by atoms with Crippen molar-refractivity contribution in [2.45, 2.75) is 20.3 Å². The van der Waals surface area contributed by atoms with Crippen molar-refractivity contribution in [3.05, 3.63) is 11.3 Å². The zero-order valence-corrected chi connectivity index (χ0v) is 8.97. The van der Waals surface area contributed by atoms with Gasteiger partial charge in [0.15, 0.2) is 5.78 Å². The number of ether oxygens (including phenoxy) is 2. The summed E-state index contributed by atoms with van der Waals surface area (Å²) in [6.07, 6.45) is 0.777. The second-order valence-electron chi connectivity index (χ2n) is 2.33. The number of Topliss-reactive ketones (excluding diaryl/α,β-unsaturated/α-hetero) is 1. The molecule has 0 aromatic heterocycles. The van der Waals surface area contributed by atoms with Crippen molar-refractivity contribution in [2.24, 2.45) is 0 Å². The molecule has 0 aliphatic carbocycles. The molecule has 0 heterocycles. The minimum atomic E-state index is -0.583. The van der Waals surface area contributed by atoms with Crippen LogP contribution >= 0.6 is 11.6 Å². The molecule has 0 radical (unpaired) electrons. The highest BCUT2D eigenvalue weighted by molar-refractivity contribution is 6.43. The number of halogens is 1. The lowest BCUT2D eigenvalue weighted by atomic mass is 10.3. The van der Waals surface area contributed by atoms with E-state index in [9.17, 15) is 9.59 Å². The Morgan fingerprint density at radius 2 is 1.93 bits per heavy atom. The Kier molecular flexibility index (Phi) is 6.84. The van der Waals surface area contributed by atoms with E-state index in [1.54, 1.807) is 13.8 Å². The molecule has 0 aromatic carbocycles. The molecule has 80 valence electrons. The zero-order valence-electron chi connectivity index (χ0n) is 8.21. The number of hydrogen-bond acceptors (Lipinski definition) is 4. The van der Waals surface area contributed by atoms with Gasteiger partial charge in [-0.1, -0.05) is 11.6 Å². The summed E-state index contributed by atoms with van der Waals surface area (Å²) in [5.41, 5.74) is 0. The van der Waals surface area contributed by atoms with Gasteiger partial charge in [0.05, 0.1) is 13.2 Å². The quantitative estimate of drug-likeness (QED) is 0.296. The average molecular weight is 221 g/mol. The van der Waals surface area contributed by atoms with Crippen LogP contribution in [0, 0.1) is 0 Å². The van der Waals surface area contributed by atoms with Crippen molar-refractivity contribution < 1.29 is 19.1 Å². The van der Waals surface area contributed by atoms with Crippen LogP contribution in [-0.4, -0.2) is 25.0 Å². The lowest BCUT2D eigenvalue weighted by Crippen LogP contribution is -2.11. The Morgan fingerprint density at radius 1 is 1.29 bits per heavy atom. The summed E-state index contributed by atoms with van der Waals surface area (Å²) in [6.45, 7) is 4.10. The van der Waals surface area contributed by atoms with Crippen LogP contribution in [0.1, 0.15) is 20.3 Å². The average Bonchev–Trinajstić information content (AvgIpc) is 2.14. The summed E-state index contributed by atoms with van der Waals surface area (Å²) in [7, 11) is 0. The van der Waals surface area contributed by atoms with Gasteiger partial charge in [0.25, 0.3) is 0 Å². The molecule has 0 bridgehead atoms. The van der Waals surface area contributed by atoms with Gasteiger partial charge in [-0.25, -0.2) is 0 Å². The van der Waals surface area contributed by atoms with E-state index in [4.69, 9.17) is 16.3 Å². The monoisotopic (exact) mass is 220 g/mol. The smallest absolute Gasteiger partial charge is 0.313 e. The molecule has 0 spiro atoms. The maximum absolute atomic E-state index is 11.2. The first-order valence-electron chi connectivity index (χ1n) is 4.27. The van der Waals surface area contributed by atoms with Gasteiger partial charge in [0.1, 0.15) is 17.7 Å². The second-order valence-corrected chi connectivity index (χ2v) is 2.73. The summed E-state index contributed by atoms with van der Waals surface area (Å²) in [5, 5.41) is -0.0973. The summed E-state index contributed by atoms with van der Waals surface area (Å²) in [4.78, 5) is 22.0. The molecular formula is C9H13ClO4. The first-order valence-corrected chi connectivity index (χ1v) is 4.65. The normalized spacial score (nSPS) is 10.9. The van der Waals surface area contributed by atoms with E-state index < -0.39 is 11.8 Å². The topological polar surface area (TPSA) is 52.6 Å². The van der Waals surface area contributed by atoms with E-state index in [2.05, 4.69) is 4.74 Å². The number of carbonyl (C=O) groups excluding carboxylic acids is 2. The lowest BCUT2D eigenvalue weighted by Gasteiger charge is -2.00. The predicted octanol–water partition coefficient (Wildman–Crippen LogP) is 1.63. The largest absolute Gasteiger partial charge is 0.500 e. The van der Waals surface area contributed by atoms with Crippen molar-refractivity contribution in [1.29, 1.82) is 0 Å². The fourth-order valence-electron chi connectivity index (χ4n) is 0.650. The van der Waals surface area contributed by atoms with Gasteiger partial charge in [-0.15, -0.1) is 0 Å². The van der Waals surface area contributed by atoms with E-state index in [0.717, 1.165) is 6.26 Å². The fourth-order valence-corrected chi connectivity index (χ4v) is 0.780. The van der Waals surface area contributed by atoms with Gasteiger partial charge in [-0.05, 0) is 13.8 Å². The van der Waals surface area contributed by atoms with E-state index in [-0.39, 0.29) is 18.1 Å². The van der Waals surface area contributed by atoms with Gasteiger partial charge in [-0.2, -0.15) is 0 Å². The molecule has 0 aliphatic heterocycles. The minimum absolute atomic E-state index is 0.0973. The SMILES string of the molecule is CCOC=C(Cl)C(=O)CC(=O)OCC. The van der Waals surface area contributed by atoms with Gasteiger partial charge in [-0.3, -0.25) is 9.59 Å². The maximum atomic E-state index is 11.2. The van der Waals surface area contributed by atoms with Crippen LogP contribution in [0.5, 0.6) is 0 Å². The van der Waals surface area contributed by atoms with Crippen molar-refractivity contribution in [3.63, 3.8) is 0 Å². The molecule has 4 nitrogen and oxygen atoms in total. The fraction of sp³-hybridized carbons (Fsp3) is 0.556. The van der Waals surface area contributed by atoms with E-state index in [1.807, 2.05) is 0 Å². The van der Waals surface area contributed by atoms with Crippen LogP contribution in [0.15, 0.2) is 11.3 Å². The van der Waals surface area contributed by atoms with Crippen LogP contribution in [-0.2, 0) is 19.1 Å². The number of rotatable bonds is 6. The van der Waals surface area contributed by atoms with Crippen molar-refractivity contribution >= 4 is 23.4 Å². The number of hydrogen-bond donors (Lipinski definition) is 0. The van der Waals surface area contributed by atoms with Crippen LogP contribution in [0.3, 0.4) is 0 Å². The van der Waals surface area contributed by atoms with Crippen LogP contribution in [0.25, 0.3) is 0 Å². The Morgan fingerprint density at radius 3 is 2.43 bits per heavy atom. The lowest BCUT2D eigenvalue weighted by molar-refractivity contribution is -0.144. The summed E-state index contributed by atoms with van der Waals surface area (Å²) >= 11 is 5.53. The highest BCUT2D eigenvalue weighted by Gasteiger charge is 2.13. The third-order valence-electron chi connectivity index (χ3n) is 1.23. The molecule has 0 fully saturated rings. The standard InChI is InChI=1S/C9H13ClO4/c1-3-13-6-7(10)8(11)5-9(12)14-4-2/h6H,3-5H2,1-2H3. The predicted molar refractivity (Wildman–Crippen MR) is 51.8 cm³/mol. The third kappa shape index (κ3) is 5.59. The molecule has 0 aliphatic rings. The third-order valence-corrected chi connectivity index (χ3v) is 1.53. The maximum Gasteiger partial charge on any atom is 0.313 e. The highest BCUT2D eigenvalue weighted by atomic mass is 35.5. The molecule has 5 heteroatoms. The van der Waals surface area contributed by atoms with Crippen LogP contribution in [0.2, 0.25) is 0 Å². The molecular weight excluding hydrogens is 208 g/mol. The van der Waals surface area contributed by atoms with E-state index in [0.29, 0.717) is 6.61 Å². The number of allylic oxidation sites excluding steroid dienone is 1. The van der Waals surface area contributed by atoms with Crippen molar-refractivity contribution in [1.82, 2.24) is 0 Å². The Labute approximate surface area is 87.8 Å². The molecule has 0 saturated carbocycles. The van der Waals surface area contributed by atoms with Crippen molar-refractivity contribution in [3.8, 4) is 0 Å². The van der Waals surface area contributed by atoms with Crippen LogP contribution < -0.4 is 0 Å². The molecule has 0 amide bonds.